The number of aryl methyl sites for hydroxylation is 1. The second-order valence-corrected chi connectivity index (χ2v) is 9.11. The predicted octanol–water partition coefficient (Wildman–Crippen LogP) is 2.59. The van der Waals surface area contributed by atoms with E-state index in [1.54, 1.807) is 6.07 Å². The van der Waals surface area contributed by atoms with E-state index < -0.39 is 27.3 Å². The Kier molecular flexibility index (Phi) is 6.10. The van der Waals surface area contributed by atoms with Gasteiger partial charge in [0.2, 0.25) is 10.0 Å². The fraction of sp³-hybridized carbons (Fsp3) is 0.333. The molecule has 0 saturated carbocycles. The van der Waals surface area contributed by atoms with Crippen LogP contribution in [0.5, 0.6) is 0 Å². The quantitative estimate of drug-likeness (QED) is 0.797. The molecule has 1 amide bonds. The van der Waals surface area contributed by atoms with Crippen molar-refractivity contribution in [3.8, 4) is 6.07 Å². The lowest BCUT2D eigenvalue weighted by Crippen LogP contribution is -2.40. The van der Waals surface area contributed by atoms with Crippen LogP contribution >= 0.6 is 11.3 Å². The molecule has 1 aromatic heterocycles. The summed E-state index contributed by atoms with van der Waals surface area (Å²) in [6.45, 7) is 2.87. The van der Waals surface area contributed by atoms with E-state index >= 15 is 0 Å². The van der Waals surface area contributed by atoms with Crippen LogP contribution in [0.3, 0.4) is 0 Å². The molecule has 0 spiro atoms. The van der Waals surface area contributed by atoms with Gasteiger partial charge < -0.3 is 10.1 Å². The molecule has 0 aliphatic carbocycles. The number of amides is 1. The summed E-state index contributed by atoms with van der Waals surface area (Å²) >= 11 is 1.23. The molecule has 10 heteroatoms. The highest BCUT2D eigenvalue weighted by Gasteiger charge is 2.28. The van der Waals surface area contributed by atoms with Gasteiger partial charge in [0, 0.05) is 18.0 Å². The fourth-order valence-corrected chi connectivity index (χ4v) is 5.11. The Labute approximate surface area is 166 Å². The molecule has 2 aromatic rings. The molecule has 0 atom stereocenters. The number of carbonyl (C=O) groups excluding carboxylic acids is 1. The van der Waals surface area contributed by atoms with Crippen molar-refractivity contribution >= 4 is 32.3 Å². The number of anilines is 1. The first kappa shape index (κ1) is 20.4. The zero-order chi connectivity index (χ0) is 20.3. The zero-order valence-electron chi connectivity index (χ0n) is 15.1. The maximum absolute atomic E-state index is 14.3. The summed E-state index contributed by atoms with van der Waals surface area (Å²) in [7, 11) is -3.86. The number of benzene rings is 1. The summed E-state index contributed by atoms with van der Waals surface area (Å²) in [4.78, 5) is 13.3. The van der Waals surface area contributed by atoms with Crippen LogP contribution in [0.4, 0.5) is 9.39 Å². The van der Waals surface area contributed by atoms with Crippen molar-refractivity contribution in [2.24, 2.45) is 0 Å². The van der Waals surface area contributed by atoms with Crippen LogP contribution in [0.25, 0.3) is 0 Å². The SMILES string of the molecule is CCc1cc(C#N)c(NC(=O)c2cc(S(=O)(=O)N3CCOCC3)ccc2F)s1. The minimum Gasteiger partial charge on any atom is -0.379 e. The maximum atomic E-state index is 14.3. The highest BCUT2D eigenvalue weighted by Crippen LogP contribution is 2.29. The monoisotopic (exact) mass is 423 g/mol. The Hall–Kier alpha value is -2.32. The van der Waals surface area contributed by atoms with Crippen LogP contribution in [-0.4, -0.2) is 44.9 Å². The van der Waals surface area contributed by atoms with Gasteiger partial charge in [0.15, 0.2) is 0 Å². The number of hydrogen-bond acceptors (Lipinski definition) is 6. The molecule has 7 nitrogen and oxygen atoms in total. The lowest BCUT2D eigenvalue weighted by Gasteiger charge is -2.26. The molecule has 1 fully saturated rings. The Balaban J connectivity index is 1.90. The van der Waals surface area contributed by atoms with Crippen LogP contribution < -0.4 is 5.32 Å². The minimum absolute atomic E-state index is 0.165. The van der Waals surface area contributed by atoms with Gasteiger partial charge >= 0.3 is 0 Å². The van der Waals surface area contributed by atoms with Crippen molar-refractivity contribution < 1.29 is 22.3 Å². The molecule has 3 rings (SSSR count). The number of nitriles is 1. The number of thiophene rings is 1. The Morgan fingerprint density at radius 3 is 2.71 bits per heavy atom. The molecule has 0 bridgehead atoms. The van der Waals surface area contributed by atoms with Crippen LogP contribution in [0.2, 0.25) is 0 Å². The number of carbonyl (C=O) groups is 1. The first-order valence-electron chi connectivity index (χ1n) is 8.58. The van der Waals surface area contributed by atoms with E-state index in [9.17, 15) is 22.9 Å². The Morgan fingerprint density at radius 1 is 1.36 bits per heavy atom. The van der Waals surface area contributed by atoms with Crippen molar-refractivity contribution in [2.45, 2.75) is 18.2 Å². The third-order valence-corrected chi connectivity index (χ3v) is 7.36. The summed E-state index contributed by atoms with van der Waals surface area (Å²) in [6.07, 6.45) is 0.691. The molecule has 148 valence electrons. The number of halogens is 1. The second kappa shape index (κ2) is 8.36. The van der Waals surface area contributed by atoms with Crippen molar-refractivity contribution in [3.63, 3.8) is 0 Å². The van der Waals surface area contributed by atoms with E-state index in [0.29, 0.717) is 11.4 Å². The van der Waals surface area contributed by atoms with Gasteiger partial charge in [-0.2, -0.15) is 9.57 Å². The molecule has 1 N–H and O–H groups in total. The summed E-state index contributed by atoms with van der Waals surface area (Å²) < 4.78 is 46.2. The van der Waals surface area contributed by atoms with Crippen molar-refractivity contribution in [3.05, 3.63) is 46.1 Å². The molecule has 1 aliphatic rings. The van der Waals surface area contributed by atoms with Gasteiger partial charge in [-0.1, -0.05) is 6.92 Å². The number of nitrogens with one attached hydrogen (secondary N) is 1. The van der Waals surface area contributed by atoms with Crippen molar-refractivity contribution in [1.29, 1.82) is 5.26 Å². The number of morpholine rings is 1. The van der Waals surface area contributed by atoms with E-state index in [1.807, 2.05) is 13.0 Å². The van der Waals surface area contributed by atoms with Gasteiger partial charge in [0.25, 0.3) is 5.91 Å². The first-order chi connectivity index (χ1) is 13.4. The van der Waals surface area contributed by atoms with Gasteiger partial charge in [-0.05, 0) is 30.7 Å². The highest BCUT2D eigenvalue weighted by molar-refractivity contribution is 7.89. The Bertz CT molecular complexity index is 1040. The van der Waals surface area contributed by atoms with Gasteiger partial charge in [0.1, 0.15) is 16.9 Å². The summed E-state index contributed by atoms with van der Waals surface area (Å²) in [6, 6.07) is 6.77. The molecule has 1 aromatic carbocycles. The number of nitrogens with zero attached hydrogens (tertiary/aromatic N) is 2. The molecular formula is C18H18FN3O4S2. The van der Waals surface area contributed by atoms with E-state index in [4.69, 9.17) is 4.74 Å². The topological polar surface area (TPSA) is 99.5 Å². The average Bonchev–Trinajstić information content (AvgIpc) is 3.10. The fourth-order valence-electron chi connectivity index (χ4n) is 2.74. The molecule has 1 saturated heterocycles. The number of ether oxygens (including phenoxy) is 1. The first-order valence-corrected chi connectivity index (χ1v) is 10.8. The lowest BCUT2D eigenvalue weighted by molar-refractivity contribution is 0.0730. The van der Waals surface area contributed by atoms with E-state index in [2.05, 4.69) is 5.32 Å². The summed E-state index contributed by atoms with van der Waals surface area (Å²) in [5.41, 5.74) is -0.114. The van der Waals surface area contributed by atoms with Gasteiger partial charge in [0.05, 0.1) is 29.2 Å². The van der Waals surface area contributed by atoms with Crippen LogP contribution in [0.15, 0.2) is 29.2 Å². The smallest absolute Gasteiger partial charge is 0.259 e. The largest absolute Gasteiger partial charge is 0.379 e. The van der Waals surface area contributed by atoms with E-state index in [0.717, 1.165) is 23.1 Å². The normalized spacial score (nSPS) is 15.2. The van der Waals surface area contributed by atoms with Gasteiger partial charge in [-0.25, -0.2) is 12.8 Å². The maximum Gasteiger partial charge on any atom is 0.259 e. The van der Waals surface area contributed by atoms with E-state index in [-0.39, 0.29) is 36.8 Å². The molecule has 28 heavy (non-hydrogen) atoms. The summed E-state index contributed by atoms with van der Waals surface area (Å²) in [5, 5.41) is 12.0. The zero-order valence-corrected chi connectivity index (χ0v) is 16.7. The number of sulfonamides is 1. The van der Waals surface area contributed by atoms with Crippen LogP contribution in [-0.2, 0) is 21.2 Å². The molecule has 0 unspecified atom stereocenters. The van der Waals surface area contributed by atoms with Crippen LogP contribution in [0.1, 0.15) is 27.7 Å². The molecule has 1 aliphatic heterocycles. The minimum atomic E-state index is -3.86. The second-order valence-electron chi connectivity index (χ2n) is 6.03. The van der Waals surface area contributed by atoms with Gasteiger partial charge in [-0.15, -0.1) is 11.3 Å². The summed E-state index contributed by atoms with van der Waals surface area (Å²) in [5.74, 6) is -1.65. The number of hydrogen-bond donors (Lipinski definition) is 1. The van der Waals surface area contributed by atoms with Crippen molar-refractivity contribution in [1.82, 2.24) is 4.31 Å². The lowest BCUT2D eigenvalue weighted by atomic mass is 10.2. The molecular weight excluding hydrogens is 405 g/mol. The molecule has 0 radical (unpaired) electrons. The highest BCUT2D eigenvalue weighted by atomic mass is 32.2. The third kappa shape index (κ3) is 4.07. The number of rotatable bonds is 5. The van der Waals surface area contributed by atoms with E-state index in [1.165, 1.54) is 15.6 Å². The average molecular weight is 423 g/mol. The van der Waals surface area contributed by atoms with Gasteiger partial charge in [-0.3, -0.25) is 4.79 Å². The Morgan fingerprint density at radius 2 is 2.07 bits per heavy atom. The van der Waals surface area contributed by atoms with Crippen molar-refractivity contribution in [2.75, 3.05) is 31.6 Å². The van der Waals surface area contributed by atoms with Crippen LogP contribution in [0, 0.1) is 17.1 Å². The predicted molar refractivity (Wildman–Crippen MR) is 102 cm³/mol. The third-order valence-electron chi connectivity index (χ3n) is 4.27. The standard InChI is InChI=1S/C18H18FN3O4S2/c1-2-13-9-12(11-20)18(27-13)21-17(23)15-10-14(3-4-16(15)19)28(24,25)22-5-7-26-8-6-22/h3-4,9-10H,2,5-8H2,1H3,(H,21,23). The molecule has 2 heterocycles.